The number of rotatable bonds is 4. The van der Waals surface area contributed by atoms with Crippen LogP contribution in [0.15, 0.2) is 18.5 Å². The van der Waals surface area contributed by atoms with Crippen LogP contribution in [-0.4, -0.2) is 49.2 Å². The third-order valence-electron chi connectivity index (χ3n) is 3.90. The summed E-state index contributed by atoms with van der Waals surface area (Å²) in [6.45, 7) is 6.93. The number of hydrogen-bond acceptors (Lipinski definition) is 4. The lowest BCUT2D eigenvalue weighted by atomic mass is 10.0. The molecule has 2 rings (SSSR count). The van der Waals surface area contributed by atoms with Crippen molar-refractivity contribution < 1.29 is 0 Å². The van der Waals surface area contributed by atoms with Gasteiger partial charge < -0.3 is 15.1 Å². The van der Waals surface area contributed by atoms with Gasteiger partial charge >= 0.3 is 0 Å². The molecule has 0 unspecified atom stereocenters. The maximum atomic E-state index is 4.24. The Hall–Kier alpha value is -1.29. The van der Waals surface area contributed by atoms with E-state index in [1.54, 1.807) is 0 Å². The van der Waals surface area contributed by atoms with E-state index in [9.17, 15) is 0 Å². The van der Waals surface area contributed by atoms with Crippen LogP contribution >= 0.6 is 0 Å². The summed E-state index contributed by atoms with van der Waals surface area (Å²) < 4.78 is 0. The fourth-order valence-electron chi connectivity index (χ4n) is 2.67. The number of nitrogens with one attached hydrogen (secondary N) is 1. The summed E-state index contributed by atoms with van der Waals surface area (Å²) in [6.07, 6.45) is 6.20. The Morgan fingerprint density at radius 2 is 2.00 bits per heavy atom. The summed E-state index contributed by atoms with van der Waals surface area (Å²) in [7, 11) is 4.14. The molecule has 0 amide bonds. The molecule has 1 aliphatic rings. The zero-order chi connectivity index (χ0) is 13.8. The van der Waals surface area contributed by atoms with E-state index in [0.717, 1.165) is 5.69 Å². The molecule has 0 radical (unpaired) electrons. The van der Waals surface area contributed by atoms with Crippen molar-refractivity contribution in [3.05, 3.63) is 18.5 Å². The number of hydrogen-bond donors (Lipinski definition) is 1. The Morgan fingerprint density at radius 3 is 2.58 bits per heavy atom. The Morgan fingerprint density at radius 1 is 1.32 bits per heavy atom. The van der Waals surface area contributed by atoms with E-state index in [4.69, 9.17) is 0 Å². The van der Waals surface area contributed by atoms with Crippen molar-refractivity contribution in [3.8, 4) is 0 Å². The Bertz CT molecular complexity index is 395. The van der Waals surface area contributed by atoms with E-state index in [0.29, 0.717) is 12.1 Å². The van der Waals surface area contributed by atoms with Gasteiger partial charge in [0, 0.05) is 45.5 Å². The van der Waals surface area contributed by atoms with Gasteiger partial charge in [-0.05, 0) is 32.8 Å². The molecule has 2 heterocycles. The zero-order valence-corrected chi connectivity index (χ0v) is 12.6. The molecule has 1 aliphatic heterocycles. The molecule has 0 bridgehead atoms. The Balaban J connectivity index is 1.96. The van der Waals surface area contributed by atoms with Gasteiger partial charge in [-0.15, -0.1) is 0 Å². The summed E-state index contributed by atoms with van der Waals surface area (Å²) in [4.78, 5) is 8.92. The number of piperidine rings is 1. The predicted molar refractivity (Wildman–Crippen MR) is 81.9 cm³/mol. The van der Waals surface area contributed by atoms with Gasteiger partial charge in [-0.25, -0.2) is 0 Å². The molecule has 0 aliphatic carbocycles. The smallest absolute Gasteiger partial charge is 0.0766 e. The van der Waals surface area contributed by atoms with Gasteiger partial charge in [-0.1, -0.05) is 0 Å². The minimum Gasteiger partial charge on any atom is -0.379 e. The van der Waals surface area contributed by atoms with Crippen LogP contribution in [0.4, 0.5) is 11.4 Å². The van der Waals surface area contributed by atoms with Gasteiger partial charge in [0.05, 0.1) is 17.6 Å². The molecule has 0 spiro atoms. The molecule has 1 saturated heterocycles. The average molecular weight is 262 g/mol. The monoisotopic (exact) mass is 262 g/mol. The lowest BCUT2D eigenvalue weighted by Gasteiger charge is -2.35. The van der Waals surface area contributed by atoms with Gasteiger partial charge in [-0.3, -0.25) is 4.98 Å². The van der Waals surface area contributed by atoms with Crippen molar-refractivity contribution in [1.82, 2.24) is 9.88 Å². The molecular formula is C15H26N4. The highest BCUT2D eigenvalue weighted by atomic mass is 15.2. The van der Waals surface area contributed by atoms with Crippen LogP contribution in [0.2, 0.25) is 0 Å². The first kappa shape index (κ1) is 14.1. The van der Waals surface area contributed by atoms with Gasteiger partial charge in [0.25, 0.3) is 0 Å². The summed E-state index contributed by atoms with van der Waals surface area (Å²) in [5.74, 6) is 0. The number of aromatic nitrogens is 1. The van der Waals surface area contributed by atoms with Crippen LogP contribution in [0.1, 0.15) is 26.7 Å². The van der Waals surface area contributed by atoms with Gasteiger partial charge in [0.15, 0.2) is 0 Å². The van der Waals surface area contributed by atoms with Gasteiger partial charge in [-0.2, -0.15) is 0 Å². The van der Waals surface area contributed by atoms with Crippen LogP contribution in [0.5, 0.6) is 0 Å². The van der Waals surface area contributed by atoms with Crippen molar-refractivity contribution in [2.24, 2.45) is 0 Å². The summed E-state index contributed by atoms with van der Waals surface area (Å²) in [5.41, 5.74) is 2.36. The van der Waals surface area contributed by atoms with Crippen molar-refractivity contribution >= 4 is 11.4 Å². The minimum absolute atomic E-state index is 0.568. The number of pyridine rings is 1. The van der Waals surface area contributed by atoms with Crippen molar-refractivity contribution in [2.75, 3.05) is 37.4 Å². The Labute approximate surface area is 116 Å². The maximum Gasteiger partial charge on any atom is 0.0766 e. The highest BCUT2D eigenvalue weighted by Crippen LogP contribution is 2.25. The second-order valence-electron chi connectivity index (χ2n) is 5.84. The number of likely N-dealkylation sites (tertiary alicyclic amines) is 1. The summed E-state index contributed by atoms with van der Waals surface area (Å²) in [6, 6.07) is 3.29. The molecule has 106 valence electrons. The molecule has 4 heteroatoms. The van der Waals surface area contributed by atoms with Crippen molar-refractivity contribution in [3.63, 3.8) is 0 Å². The van der Waals surface area contributed by atoms with Gasteiger partial charge in [0.1, 0.15) is 0 Å². The van der Waals surface area contributed by atoms with Crippen molar-refractivity contribution in [2.45, 2.75) is 38.8 Å². The van der Waals surface area contributed by atoms with Gasteiger partial charge in [0.2, 0.25) is 0 Å². The van der Waals surface area contributed by atoms with E-state index in [-0.39, 0.29) is 0 Å². The fraction of sp³-hybridized carbons (Fsp3) is 0.667. The summed E-state index contributed by atoms with van der Waals surface area (Å²) >= 11 is 0. The molecule has 19 heavy (non-hydrogen) atoms. The maximum absolute atomic E-state index is 4.24. The van der Waals surface area contributed by atoms with Crippen LogP contribution in [-0.2, 0) is 0 Å². The first-order chi connectivity index (χ1) is 9.08. The lowest BCUT2D eigenvalue weighted by Crippen LogP contribution is -2.42. The molecule has 1 fully saturated rings. The van der Waals surface area contributed by atoms with Crippen LogP contribution in [0.3, 0.4) is 0 Å². The Kier molecular flexibility index (Phi) is 4.64. The quantitative estimate of drug-likeness (QED) is 0.903. The van der Waals surface area contributed by atoms with E-state index in [1.807, 2.05) is 12.4 Å². The second-order valence-corrected chi connectivity index (χ2v) is 5.84. The molecule has 0 aromatic carbocycles. The SMILES string of the molecule is CC(C)N1CCC(Nc2cnccc2N(C)C)CC1. The topological polar surface area (TPSA) is 31.4 Å². The molecule has 1 N–H and O–H groups in total. The molecule has 4 nitrogen and oxygen atoms in total. The zero-order valence-electron chi connectivity index (χ0n) is 12.6. The molecule has 1 aromatic rings. The first-order valence-corrected chi connectivity index (χ1v) is 7.20. The normalized spacial score (nSPS) is 17.7. The third kappa shape index (κ3) is 3.60. The first-order valence-electron chi connectivity index (χ1n) is 7.20. The summed E-state index contributed by atoms with van der Waals surface area (Å²) in [5, 5.41) is 3.66. The number of nitrogens with zero attached hydrogens (tertiary/aromatic N) is 3. The molecule has 1 aromatic heterocycles. The van der Waals surface area contributed by atoms with E-state index in [1.165, 1.54) is 31.6 Å². The van der Waals surface area contributed by atoms with Crippen LogP contribution in [0.25, 0.3) is 0 Å². The largest absolute Gasteiger partial charge is 0.379 e. The minimum atomic E-state index is 0.568. The molecule has 0 saturated carbocycles. The third-order valence-corrected chi connectivity index (χ3v) is 3.90. The van der Waals surface area contributed by atoms with E-state index >= 15 is 0 Å². The highest BCUT2D eigenvalue weighted by molar-refractivity contribution is 5.68. The predicted octanol–water partition coefficient (Wildman–Crippen LogP) is 2.43. The van der Waals surface area contributed by atoms with Crippen molar-refractivity contribution in [1.29, 1.82) is 0 Å². The van der Waals surface area contributed by atoms with E-state index < -0.39 is 0 Å². The lowest BCUT2D eigenvalue weighted by molar-refractivity contribution is 0.177. The highest BCUT2D eigenvalue weighted by Gasteiger charge is 2.21. The molecule has 0 atom stereocenters. The average Bonchev–Trinajstić information content (AvgIpc) is 2.39. The van der Waals surface area contributed by atoms with E-state index in [2.05, 4.69) is 54.1 Å². The second kappa shape index (κ2) is 6.24. The fourth-order valence-corrected chi connectivity index (χ4v) is 2.67. The standard InChI is InChI=1S/C15H26N4/c1-12(2)19-9-6-13(7-10-19)17-14-11-16-8-5-15(14)18(3)4/h5,8,11-13,17H,6-7,9-10H2,1-4H3. The molecular weight excluding hydrogens is 236 g/mol. The van der Waals surface area contributed by atoms with Crippen LogP contribution < -0.4 is 10.2 Å². The number of anilines is 2. The van der Waals surface area contributed by atoms with Crippen LogP contribution in [0, 0.1) is 0 Å².